The van der Waals surface area contributed by atoms with Gasteiger partial charge in [0.05, 0.1) is 23.1 Å². The number of pyridine rings is 4. The number of hydrogen-bond acceptors (Lipinski definition) is 8. The molecule has 4 aromatic heterocycles. The van der Waals surface area contributed by atoms with Gasteiger partial charge >= 0.3 is 0 Å². The Balaban J connectivity index is 1.18. The van der Waals surface area contributed by atoms with E-state index >= 15 is 0 Å². The predicted molar refractivity (Wildman–Crippen MR) is 132 cm³/mol. The fourth-order valence-corrected chi connectivity index (χ4v) is 5.01. The van der Waals surface area contributed by atoms with E-state index in [0.29, 0.717) is 17.2 Å². The highest BCUT2D eigenvalue weighted by molar-refractivity contribution is 5.99. The molecule has 0 unspecified atom stereocenters. The van der Waals surface area contributed by atoms with Crippen molar-refractivity contribution >= 4 is 34.0 Å². The molecular formula is C26H22N8O. The zero-order valence-corrected chi connectivity index (χ0v) is 19.1. The van der Waals surface area contributed by atoms with Gasteiger partial charge in [0.25, 0.3) is 0 Å². The summed E-state index contributed by atoms with van der Waals surface area (Å²) in [6.07, 6.45) is 9.31. The molecule has 1 amide bonds. The average Bonchev–Trinajstić information content (AvgIpc) is 3.60. The van der Waals surface area contributed by atoms with Crippen molar-refractivity contribution in [2.24, 2.45) is 11.3 Å². The number of aromatic nitrogens is 4. The second-order valence-corrected chi connectivity index (χ2v) is 9.34. The highest BCUT2D eigenvalue weighted by atomic mass is 16.2. The second-order valence-electron chi connectivity index (χ2n) is 9.34. The number of nitrogens with one attached hydrogen (secondary N) is 1. The molecule has 6 rings (SSSR count). The molecule has 0 radical (unpaired) electrons. The van der Waals surface area contributed by atoms with E-state index in [1.165, 1.54) is 0 Å². The Labute approximate surface area is 201 Å². The normalized spacial score (nSPS) is 17.6. The Morgan fingerprint density at radius 3 is 2.80 bits per heavy atom. The number of rotatable bonds is 4. The first-order valence-corrected chi connectivity index (χ1v) is 11.3. The topological polar surface area (TPSA) is 134 Å². The van der Waals surface area contributed by atoms with Crippen LogP contribution in [0.2, 0.25) is 0 Å². The molecule has 5 heterocycles. The minimum atomic E-state index is -0.0745. The molecule has 1 atom stereocenters. The van der Waals surface area contributed by atoms with Gasteiger partial charge in [-0.25, -0.2) is 9.97 Å². The number of carbonyl (C=O) groups excluding carboxylic acids is 1. The minimum Gasteiger partial charge on any atom is -0.383 e. The molecular weight excluding hydrogens is 440 g/mol. The van der Waals surface area contributed by atoms with Gasteiger partial charge in [-0.1, -0.05) is 0 Å². The van der Waals surface area contributed by atoms with E-state index in [9.17, 15) is 10.1 Å². The maximum Gasteiger partial charge on any atom is 0.229 e. The molecule has 1 aliphatic carbocycles. The molecule has 35 heavy (non-hydrogen) atoms. The summed E-state index contributed by atoms with van der Waals surface area (Å²) in [5.74, 6) is 0.760. The van der Waals surface area contributed by atoms with Crippen molar-refractivity contribution in [3.63, 3.8) is 0 Å². The number of hydrogen-bond donors (Lipinski definition) is 2. The van der Waals surface area contributed by atoms with Gasteiger partial charge in [-0.05, 0) is 48.6 Å². The molecule has 9 nitrogen and oxygen atoms in total. The lowest BCUT2D eigenvalue weighted by Crippen LogP contribution is -2.51. The van der Waals surface area contributed by atoms with Gasteiger partial charge in [0.1, 0.15) is 17.7 Å². The molecule has 2 fully saturated rings. The van der Waals surface area contributed by atoms with E-state index < -0.39 is 0 Å². The SMILES string of the molecule is Cc1ccncc1-c1cc2cc(NC(=O)[C@H]3CC34CN(c3cnccc3C#N)C4)ncc2c(N)n1. The van der Waals surface area contributed by atoms with Gasteiger partial charge in [0.15, 0.2) is 0 Å². The van der Waals surface area contributed by atoms with Crippen molar-refractivity contribution in [3.8, 4) is 17.3 Å². The average molecular weight is 463 g/mol. The Morgan fingerprint density at radius 1 is 1.20 bits per heavy atom. The van der Waals surface area contributed by atoms with Gasteiger partial charge in [-0.2, -0.15) is 5.26 Å². The largest absolute Gasteiger partial charge is 0.383 e. The molecule has 3 N–H and O–H groups in total. The zero-order valence-electron chi connectivity index (χ0n) is 19.1. The van der Waals surface area contributed by atoms with Crippen LogP contribution in [0.5, 0.6) is 0 Å². The molecule has 9 heteroatoms. The van der Waals surface area contributed by atoms with Crippen molar-refractivity contribution in [2.45, 2.75) is 13.3 Å². The molecule has 0 aromatic carbocycles. The molecule has 172 valence electrons. The summed E-state index contributed by atoms with van der Waals surface area (Å²) in [6, 6.07) is 9.62. The van der Waals surface area contributed by atoms with Gasteiger partial charge in [0.2, 0.25) is 5.91 Å². The van der Waals surface area contributed by atoms with Crippen molar-refractivity contribution in [1.82, 2.24) is 19.9 Å². The monoisotopic (exact) mass is 462 g/mol. The van der Waals surface area contributed by atoms with Gasteiger partial charge in [-0.15, -0.1) is 0 Å². The first-order chi connectivity index (χ1) is 17.0. The van der Waals surface area contributed by atoms with Crippen LogP contribution >= 0.6 is 0 Å². The van der Waals surface area contributed by atoms with E-state index in [2.05, 4.69) is 36.2 Å². The van der Waals surface area contributed by atoms with E-state index in [1.54, 1.807) is 37.1 Å². The van der Waals surface area contributed by atoms with Crippen LogP contribution < -0.4 is 16.0 Å². The lowest BCUT2D eigenvalue weighted by molar-refractivity contribution is -0.118. The maximum absolute atomic E-state index is 13.0. The molecule has 1 saturated heterocycles. The number of fused-ring (bicyclic) bond motifs is 1. The number of aryl methyl sites for hydroxylation is 1. The van der Waals surface area contributed by atoms with Crippen LogP contribution in [0.25, 0.3) is 22.0 Å². The molecule has 2 aliphatic rings. The lowest BCUT2D eigenvalue weighted by Gasteiger charge is -2.42. The summed E-state index contributed by atoms with van der Waals surface area (Å²) in [7, 11) is 0. The number of nitrogens with two attached hydrogens (primary N) is 1. The summed E-state index contributed by atoms with van der Waals surface area (Å²) in [4.78, 5) is 32.4. The third kappa shape index (κ3) is 3.51. The van der Waals surface area contributed by atoms with Crippen LogP contribution in [-0.2, 0) is 4.79 Å². The first-order valence-electron chi connectivity index (χ1n) is 11.3. The predicted octanol–water partition coefficient (Wildman–Crippen LogP) is 3.31. The second kappa shape index (κ2) is 7.74. The van der Waals surface area contributed by atoms with Crippen molar-refractivity contribution < 1.29 is 4.79 Å². The van der Waals surface area contributed by atoms with Crippen LogP contribution in [0.15, 0.2) is 55.2 Å². The van der Waals surface area contributed by atoms with Crippen LogP contribution in [-0.4, -0.2) is 38.9 Å². The first kappa shape index (κ1) is 21.0. The smallest absolute Gasteiger partial charge is 0.229 e. The molecule has 1 saturated carbocycles. The Kier molecular flexibility index (Phi) is 4.64. The van der Waals surface area contributed by atoms with Crippen LogP contribution in [0.3, 0.4) is 0 Å². The maximum atomic E-state index is 13.0. The third-order valence-corrected chi connectivity index (χ3v) is 7.09. The van der Waals surface area contributed by atoms with Crippen LogP contribution in [0, 0.1) is 29.6 Å². The summed E-state index contributed by atoms with van der Waals surface area (Å²) in [5, 5.41) is 13.9. The minimum absolute atomic E-state index is 0.0338. The number of anilines is 3. The molecule has 4 aromatic rings. The number of nitrogens with zero attached hydrogens (tertiary/aromatic N) is 6. The quantitative estimate of drug-likeness (QED) is 0.472. The molecule has 0 bridgehead atoms. The highest BCUT2D eigenvalue weighted by Gasteiger charge is 2.64. The van der Waals surface area contributed by atoms with Crippen LogP contribution in [0.4, 0.5) is 17.3 Å². The summed E-state index contributed by atoms with van der Waals surface area (Å²) in [5.41, 5.74) is 10.3. The fraction of sp³-hybridized carbons (Fsp3) is 0.231. The number of carbonyl (C=O) groups is 1. The summed E-state index contributed by atoms with van der Waals surface area (Å²) >= 11 is 0. The van der Waals surface area contributed by atoms with Crippen molar-refractivity contribution in [3.05, 3.63) is 66.4 Å². The van der Waals surface area contributed by atoms with E-state index in [4.69, 9.17) is 5.73 Å². The molecule has 1 aliphatic heterocycles. The Bertz CT molecular complexity index is 1540. The Morgan fingerprint density at radius 2 is 2.00 bits per heavy atom. The molecule has 1 spiro atoms. The fourth-order valence-electron chi connectivity index (χ4n) is 5.01. The van der Waals surface area contributed by atoms with Crippen LogP contribution in [0.1, 0.15) is 17.5 Å². The zero-order chi connectivity index (χ0) is 24.2. The van der Waals surface area contributed by atoms with Gasteiger partial charge in [0, 0.05) is 60.2 Å². The number of nitrogen functional groups attached to an aromatic ring is 1. The van der Waals surface area contributed by atoms with E-state index in [0.717, 1.165) is 52.8 Å². The van der Waals surface area contributed by atoms with Gasteiger partial charge in [-0.3, -0.25) is 14.8 Å². The number of nitriles is 1. The van der Waals surface area contributed by atoms with Crippen molar-refractivity contribution in [1.29, 1.82) is 5.26 Å². The lowest BCUT2D eigenvalue weighted by atomic mass is 9.92. The standard InChI is InChI=1S/C26H22N8O/c1-15-2-4-29-10-18(15)21-6-17-7-23(31-11-19(17)24(28)32-21)33-25(35)20-8-26(20)13-34(14-26)22-12-30-5-3-16(22)9-27/h2-7,10-12,20H,8,13-14H2,1H3,(H2,28,32)(H,31,33,35)/t20-/m1/s1. The van der Waals surface area contributed by atoms with E-state index in [-0.39, 0.29) is 17.2 Å². The summed E-state index contributed by atoms with van der Waals surface area (Å²) < 4.78 is 0. The van der Waals surface area contributed by atoms with E-state index in [1.807, 2.05) is 25.1 Å². The summed E-state index contributed by atoms with van der Waals surface area (Å²) in [6.45, 7) is 3.49. The number of amides is 1. The Hall–Kier alpha value is -4.58. The highest BCUT2D eigenvalue weighted by Crippen LogP contribution is 2.59. The third-order valence-electron chi connectivity index (χ3n) is 7.09. The van der Waals surface area contributed by atoms with Gasteiger partial charge < -0.3 is 16.0 Å². The van der Waals surface area contributed by atoms with Crippen molar-refractivity contribution in [2.75, 3.05) is 29.0 Å².